The van der Waals surface area contributed by atoms with E-state index in [1.165, 1.54) is 0 Å². The van der Waals surface area contributed by atoms with Gasteiger partial charge in [0.25, 0.3) is 0 Å². The Bertz CT molecular complexity index is 918. The molecule has 6 nitrogen and oxygen atoms in total. The molecule has 22 heavy (non-hydrogen) atoms. The molecule has 0 atom stereocenters. The molecule has 0 aliphatic heterocycles. The number of aromatic nitrogens is 3. The van der Waals surface area contributed by atoms with Gasteiger partial charge in [0.05, 0.1) is 17.1 Å². The highest BCUT2D eigenvalue weighted by Gasteiger charge is 2.15. The molecule has 0 unspecified atom stereocenters. The molecule has 0 fully saturated rings. The van der Waals surface area contributed by atoms with Crippen LogP contribution in [0.1, 0.15) is 17.2 Å². The molecular weight excluding hydrogens is 300 g/mol. The number of sulfonamides is 1. The van der Waals surface area contributed by atoms with Gasteiger partial charge in [-0.05, 0) is 38.1 Å². The maximum absolute atomic E-state index is 12.4. The van der Waals surface area contributed by atoms with Crippen LogP contribution in [-0.2, 0) is 23.6 Å². The Morgan fingerprint density at radius 2 is 2.05 bits per heavy atom. The molecular formula is C15H18N4O2S. The molecule has 3 rings (SSSR count). The van der Waals surface area contributed by atoms with E-state index in [1.807, 2.05) is 43.8 Å². The fourth-order valence-corrected chi connectivity index (χ4v) is 3.40. The van der Waals surface area contributed by atoms with Crippen molar-refractivity contribution < 1.29 is 8.42 Å². The van der Waals surface area contributed by atoms with E-state index >= 15 is 0 Å². The lowest BCUT2D eigenvalue weighted by atomic mass is 10.2. The summed E-state index contributed by atoms with van der Waals surface area (Å²) in [7, 11) is -1.64. The standard InChI is InChI=1S/C15H18N4O2S/c1-10-11(2)18-15(17-10)9-16-22(20,21)13-4-5-14-12(8-13)6-7-19(14)3/h4-8,16H,9H2,1-3H3,(H,17,18). The van der Waals surface area contributed by atoms with Gasteiger partial charge in [0.1, 0.15) is 5.82 Å². The maximum atomic E-state index is 12.4. The Kier molecular flexibility index (Phi) is 3.54. The lowest BCUT2D eigenvalue weighted by Gasteiger charge is -2.06. The summed E-state index contributed by atoms with van der Waals surface area (Å²) in [6.45, 7) is 3.93. The molecule has 1 aromatic carbocycles. The first-order chi connectivity index (χ1) is 10.4. The summed E-state index contributed by atoms with van der Waals surface area (Å²) < 4.78 is 29.3. The molecule has 0 amide bonds. The van der Waals surface area contributed by atoms with Gasteiger partial charge >= 0.3 is 0 Å². The van der Waals surface area contributed by atoms with Crippen molar-refractivity contribution in [3.63, 3.8) is 0 Å². The van der Waals surface area contributed by atoms with Crippen LogP contribution in [0.5, 0.6) is 0 Å². The van der Waals surface area contributed by atoms with E-state index in [-0.39, 0.29) is 11.4 Å². The second-order valence-electron chi connectivity index (χ2n) is 5.37. The van der Waals surface area contributed by atoms with Crippen LogP contribution >= 0.6 is 0 Å². The number of rotatable bonds is 4. The SMILES string of the molecule is Cc1nc(CNS(=O)(=O)c2ccc3c(ccn3C)c2)[nH]c1C. The van der Waals surface area contributed by atoms with Gasteiger partial charge in [0.2, 0.25) is 10.0 Å². The Morgan fingerprint density at radius 3 is 2.73 bits per heavy atom. The Hall–Kier alpha value is -2.12. The predicted octanol–water partition coefficient (Wildman–Crippen LogP) is 2.00. The smallest absolute Gasteiger partial charge is 0.240 e. The molecule has 2 aromatic heterocycles. The number of fused-ring (bicyclic) bond motifs is 1. The number of aromatic amines is 1. The number of imidazole rings is 1. The van der Waals surface area contributed by atoms with Crippen LogP contribution in [0.3, 0.4) is 0 Å². The van der Waals surface area contributed by atoms with Gasteiger partial charge in [-0.1, -0.05) is 0 Å². The number of benzene rings is 1. The second kappa shape index (κ2) is 5.26. The minimum atomic E-state index is -3.56. The molecule has 0 saturated carbocycles. The van der Waals surface area contributed by atoms with Crippen LogP contribution in [0, 0.1) is 13.8 Å². The van der Waals surface area contributed by atoms with Gasteiger partial charge in [-0.15, -0.1) is 0 Å². The fourth-order valence-electron chi connectivity index (χ4n) is 2.38. The molecule has 2 heterocycles. The topological polar surface area (TPSA) is 79.8 Å². The van der Waals surface area contributed by atoms with E-state index in [9.17, 15) is 8.42 Å². The average molecular weight is 318 g/mol. The van der Waals surface area contributed by atoms with Crippen LogP contribution in [0.15, 0.2) is 35.4 Å². The van der Waals surface area contributed by atoms with E-state index in [0.29, 0.717) is 5.82 Å². The van der Waals surface area contributed by atoms with Gasteiger partial charge in [-0.3, -0.25) is 0 Å². The normalized spacial score (nSPS) is 12.1. The first-order valence-corrected chi connectivity index (χ1v) is 8.42. The van der Waals surface area contributed by atoms with Crippen LogP contribution < -0.4 is 4.72 Å². The number of hydrogen-bond donors (Lipinski definition) is 2. The highest BCUT2D eigenvalue weighted by Crippen LogP contribution is 2.19. The van der Waals surface area contributed by atoms with Crippen molar-refractivity contribution in [2.75, 3.05) is 0 Å². The first-order valence-electron chi connectivity index (χ1n) is 6.93. The zero-order valence-corrected chi connectivity index (χ0v) is 13.5. The van der Waals surface area contributed by atoms with Gasteiger partial charge < -0.3 is 9.55 Å². The summed E-state index contributed by atoms with van der Waals surface area (Å²) >= 11 is 0. The second-order valence-corrected chi connectivity index (χ2v) is 7.13. The van der Waals surface area contributed by atoms with Gasteiger partial charge in [0, 0.05) is 29.8 Å². The minimum absolute atomic E-state index is 0.143. The fraction of sp³-hybridized carbons (Fsp3) is 0.267. The molecule has 0 spiro atoms. The third-order valence-corrected chi connectivity index (χ3v) is 5.17. The van der Waals surface area contributed by atoms with Crippen molar-refractivity contribution >= 4 is 20.9 Å². The molecule has 0 bridgehead atoms. The summed E-state index contributed by atoms with van der Waals surface area (Å²) in [6.07, 6.45) is 1.91. The van der Waals surface area contributed by atoms with Crippen molar-refractivity contribution in [3.8, 4) is 0 Å². The zero-order valence-electron chi connectivity index (χ0n) is 12.7. The van der Waals surface area contributed by atoms with E-state index in [0.717, 1.165) is 22.3 Å². The number of nitrogens with one attached hydrogen (secondary N) is 2. The molecule has 0 aliphatic rings. The quantitative estimate of drug-likeness (QED) is 0.772. The van der Waals surface area contributed by atoms with Crippen molar-refractivity contribution in [3.05, 3.63) is 47.7 Å². The molecule has 0 saturated heterocycles. The van der Waals surface area contributed by atoms with Crippen LogP contribution in [0.2, 0.25) is 0 Å². The number of H-pyrrole nitrogens is 1. The van der Waals surface area contributed by atoms with Crippen LogP contribution in [0.25, 0.3) is 10.9 Å². The zero-order chi connectivity index (χ0) is 15.9. The molecule has 3 aromatic rings. The third-order valence-electron chi connectivity index (χ3n) is 3.77. The Balaban J connectivity index is 1.84. The third kappa shape index (κ3) is 2.65. The van der Waals surface area contributed by atoms with Gasteiger partial charge in [-0.2, -0.15) is 0 Å². The highest BCUT2D eigenvalue weighted by molar-refractivity contribution is 7.89. The molecule has 0 aliphatic carbocycles. The van der Waals surface area contributed by atoms with Gasteiger partial charge in [-0.25, -0.2) is 18.1 Å². The number of hydrogen-bond acceptors (Lipinski definition) is 3. The van der Waals surface area contributed by atoms with Gasteiger partial charge in [0.15, 0.2) is 0 Å². The molecule has 7 heteroatoms. The van der Waals surface area contributed by atoms with E-state index < -0.39 is 10.0 Å². The predicted molar refractivity (Wildman–Crippen MR) is 85.0 cm³/mol. The van der Waals surface area contributed by atoms with E-state index in [4.69, 9.17) is 0 Å². The summed E-state index contributed by atoms with van der Waals surface area (Å²) in [5, 5.41) is 0.898. The highest BCUT2D eigenvalue weighted by atomic mass is 32.2. The van der Waals surface area contributed by atoms with Crippen molar-refractivity contribution in [1.29, 1.82) is 0 Å². The lowest BCUT2D eigenvalue weighted by Crippen LogP contribution is -2.23. The van der Waals surface area contributed by atoms with Crippen LogP contribution in [0.4, 0.5) is 0 Å². The number of aryl methyl sites for hydroxylation is 3. The van der Waals surface area contributed by atoms with Crippen LogP contribution in [-0.4, -0.2) is 23.0 Å². The number of nitrogens with zero attached hydrogens (tertiary/aromatic N) is 2. The summed E-state index contributed by atoms with van der Waals surface area (Å²) in [4.78, 5) is 7.59. The summed E-state index contributed by atoms with van der Waals surface area (Å²) in [5.41, 5.74) is 2.82. The molecule has 2 N–H and O–H groups in total. The first kappa shape index (κ1) is 14.8. The average Bonchev–Trinajstić information content (AvgIpc) is 3.00. The minimum Gasteiger partial charge on any atom is -0.351 e. The largest absolute Gasteiger partial charge is 0.351 e. The molecule has 0 radical (unpaired) electrons. The Labute approximate surface area is 129 Å². The van der Waals surface area contributed by atoms with E-state index in [2.05, 4.69) is 14.7 Å². The summed E-state index contributed by atoms with van der Waals surface area (Å²) in [5.74, 6) is 0.611. The molecule has 116 valence electrons. The van der Waals surface area contributed by atoms with Crippen molar-refractivity contribution in [1.82, 2.24) is 19.3 Å². The van der Waals surface area contributed by atoms with E-state index in [1.54, 1.807) is 12.1 Å². The monoisotopic (exact) mass is 318 g/mol. The van der Waals surface area contributed by atoms with Crippen molar-refractivity contribution in [2.45, 2.75) is 25.3 Å². The van der Waals surface area contributed by atoms with Crippen molar-refractivity contribution in [2.24, 2.45) is 7.05 Å². The Morgan fingerprint density at radius 1 is 1.27 bits per heavy atom. The summed E-state index contributed by atoms with van der Waals surface area (Å²) in [6, 6.07) is 7.00. The maximum Gasteiger partial charge on any atom is 0.240 e. The lowest BCUT2D eigenvalue weighted by molar-refractivity contribution is 0.579.